The summed E-state index contributed by atoms with van der Waals surface area (Å²) in [4.78, 5) is 22.8. The van der Waals surface area contributed by atoms with Crippen LogP contribution in [0.3, 0.4) is 0 Å². The van der Waals surface area contributed by atoms with Crippen LogP contribution in [0.5, 0.6) is 17.2 Å². The van der Waals surface area contributed by atoms with E-state index in [-0.39, 0.29) is 17.7 Å². The molecule has 1 heterocycles. The van der Waals surface area contributed by atoms with Gasteiger partial charge in [0.05, 0.1) is 24.0 Å². The highest BCUT2D eigenvalue weighted by molar-refractivity contribution is 6.00. The number of para-hydroxylation sites is 2. The minimum Gasteiger partial charge on any atom is -0.493 e. The van der Waals surface area contributed by atoms with Gasteiger partial charge in [0.25, 0.3) is 5.69 Å². The van der Waals surface area contributed by atoms with E-state index in [2.05, 4.69) is 0 Å². The second-order valence-electron chi connectivity index (χ2n) is 4.85. The van der Waals surface area contributed by atoms with Gasteiger partial charge in [0.1, 0.15) is 0 Å². The molecule has 23 heavy (non-hydrogen) atoms. The maximum atomic E-state index is 12.3. The summed E-state index contributed by atoms with van der Waals surface area (Å²) in [6, 6.07) is 11.0. The van der Waals surface area contributed by atoms with Crippen molar-refractivity contribution >= 4 is 11.5 Å². The van der Waals surface area contributed by atoms with Gasteiger partial charge in [0.15, 0.2) is 17.3 Å². The van der Waals surface area contributed by atoms with Crippen LogP contribution in [-0.4, -0.2) is 24.1 Å². The van der Waals surface area contributed by atoms with Crippen LogP contribution in [0.25, 0.3) is 0 Å². The van der Waals surface area contributed by atoms with Gasteiger partial charge in [0, 0.05) is 6.07 Å². The Morgan fingerprint density at radius 1 is 1.22 bits per heavy atom. The van der Waals surface area contributed by atoms with Gasteiger partial charge in [-0.3, -0.25) is 14.9 Å². The van der Waals surface area contributed by atoms with Crippen molar-refractivity contribution in [1.82, 2.24) is 0 Å². The Labute approximate surface area is 131 Å². The number of fused-ring (bicyclic) bond motifs is 1. The van der Waals surface area contributed by atoms with Gasteiger partial charge in [-0.15, -0.1) is 0 Å². The number of carbonyl (C=O) groups excluding carboxylic acids is 1. The van der Waals surface area contributed by atoms with E-state index in [0.717, 1.165) is 0 Å². The highest BCUT2D eigenvalue weighted by Gasteiger charge is 2.31. The van der Waals surface area contributed by atoms with Crippen molar-refractivity contribution in [2.45, 2.75) is 12.7 Å². The Balaban J connectivity index is 1.77. The average molecular weight is 315 g/mol. The van der Waals surface area contributed by atoms with E-state index >= 15 is 0 Å². The largest absolute Gasteiger partial charge is 0.493 e. The van der Waals surface area contributed by atoms with E-state index < -0.39 is 17.0 Å². The first-order valence-electron chi connectivity index (χ1n) is 6.87. The Hall–Kier alpha value is -3.09. The van der Waals surface area contributed by atoms with E-state index in [1.165, 1.54) is 25.3 Å². The molecule has 2 aromatic rings. The third-order valence-electron chi connectivity index (χ3n) is 3.42. The zero-order valence-corrected chi connectivity index (χ0v) is 12.2. The predicted octanol–water partition coefficient (Wildman–Crippen LogP) is 2.97. The van der Waals surface area contributed by atoms with Gasteiger partial charge in [-0.2, -0.15) is 0 Å². The molecule has 0 bridgehead atoms. The molecule has 0 radical (unpaired) electrons. The number of ketones is 1. The Morgan fingerprint density at radius 2 is 2.00 bits per heavy atom. The molecule has 0 N–H and O–H groups in total. The summed E-state index contributed by atoms with van der Waals surface area (Å²) in [5.74, 6) is 0.984. The van der Waals surface area contributed by atoms with Crippen molar-refractivity contribution in [2.75, 3.05) is 7.11 Å². The van der Waals surface area contributed by atoms with Crippen molar-refractivity contribution in [2.24, 2.45) is 0 Å². The fourth-order valence-electron chi connectivity index (χ4n) is 2.38. The number of hydrogen-bond acceptors (Lipinski definition) is 6. The summed E-state index contributed by atoms with van der Waals surface area (Å²) in [6.07, 6.45) is -0.975. The molecular formula is C16H13NO6. The zero-order chi connectivity index (χ0) is 16.4. The molecule has 0 amide bonds. The number of benzene rings is 2. The third kappa shape index (κ3) is 2.80. The van der Waals surface area contributed by atoms with Gasteiger partial charge in [-0.05, 0) is 18.2 Å². The van der Waals surface area contributed by atoms with Crippen molar-refractivity contribution in [3.8, 4) is 17.2 Å². The third-order valence-corrected chi connectivity index (χ3v) is 3.42. The van der Waals surface area contributed by atoms with E-state index in [1.54, 1.807) is 24.3 Å². The fourth-order valence-corrected chi connectivity index (χ4v) is 2.38. The molecule has 3 rings (SSSR count). The fraction of sp³-hybridized carbons (Fsp3) is 0.188. The maximum Gasteiger partial charge on any atom is 0.280 e. The Bertz CT molecular complexity index is 773. The molecule has 0 saturated carbocycles. The summed E-state index contributed by atoms with van der Waals surface area (Å²) < 4.78 is 16.3. The lowest BCUT2D eigenvalue weighted by molar-refractivity contribution is -0.385. The molecule has 0 aliphatic carbocycles. The van der Waals surface area contributed by atoms with E-state index in [1.807, 2.05) is 0 Å². The molecule has 0 fully saturated rings. The van der Waals surface area contributed by atoms with Gasteiger partial charge in [-0.25, -0.2) is 0 Å². The number of carbonyl (C=O) groups is 1. The van der Waals surface area contributed by atoms with Crippen LogP contribution in [0, 0.1) is 10.1 Å². The van der Waals surface area contributed by atoms with Crippen molar-refractivity contribution < 1.29 is 23.9 Å². The number of ether oxygens (including phenoxy) is 3. The molecule has 1 unspecified atom stereocenters. The number of hydrogen-bond donors (Lipinski definition) is 0. The summed E-state index contributed by atoms with van der Waals surface area (Å²) >= 11 is 0. The predicted molar refractivity (Wildman–Crippen MR) is 80.1 cm³/mol. The van der Waals surface area contributed by atoms with Crippen LogP contribution in [0.15, 0.2) is 42.5 Å². The van der Waals surface area contributed by atoms with Gasteiger partial charge >= 0.3 is 0 Å². The van der Waals surface area contributed by atoms with Crippen LogP contribution >= 0.6 is 0 Å². The number of Topliss-reactive ketones (excluding diaryl/α,β-unsaturated/α-hetero) is 1. The highest BCUT2D eigenvalue weighted by Crippen LogP contribution is 2.43. The molecule has 7 heteroatoms. The monoisotopic (exact) mass is 315 g/mol. The van der Waals surface area contributed by atoms with E-state index in [0.29, 0.717) is 17.2 Å². The minimum atomic E-state index is -0.839. The van der Waals surface area contributed by atoms with Gasteiger partial charge in [0.2, 0.25) is 12.0 Å². The number of methoxy groups -OCH3 is 1. The minimum absolute atomic E-state index is 0.0348. The Kier molecular flexibility index (Phi) is 3.84. The molecule has 0 saturated heterocycles. The normalized spacial score (nSPS) is 15.3. The SMILES string of the molecule is COc1cccc2c1OC(CC(=O)c1ccccc1[N+](=O)[O-])O2. The van der Waals surface area contributed by atoms with E-state index in [9.17, 15) is 14.9 Å². The molecule has 2 aromatic carbocycles. The van der Waals surface area contributed by atoms with Crippen LogP contribution in [-0.2, 0) is 0 Å². The number of nitro groups is 1. The first-order chi connectivity index (χ1) is 11.1. The second kappa shape index (κ2) is 5.96. The molecule has 0 spiro atoms. The topological polar surface area (TPSA) is 87.9 Å². The number of nitrogens with zero attached hydrogens (tertiary/aromatic N) is 1. The molecule has 1 atom stereocenters. The van der Waals surface area contributed by atoms with Crippen LogP contribution in [0.2, 0.25) is 0 Å². The van der Waals surface area contributed by atoms with Crippen LogP contribution in [0.1, 0.15) is 16.8 Å². The van der Waals surface area contributed by atoms with Gasteiger partial charge in [-0.1, -0.05) is 18.2 Å². The molecular weight excluding hydrogens is 302 g/mol. The summed E-state index contributed by atoms with van der Waals surface area (Å²) in [6.45, 7) is 0. The quantitative estimate of drug-likeness (QED) is 0.479. The molecule has 0 aromatic heterocycles. The summed E-state index contributed by atoms with van der Waals surface area (Å²) in [5.41, 5.74) is -0.196. The number of nitro benzene ring substituents is 1. The molecule has 1 aliphatic rings. The lowest BCUT2D eigenvalue weighted by Crippen LogP contribution is -2.22. The molecule has 7 nitrogen and oxygen atoms in total. The smallest absolute Gasteiger partial charge is 0.280 e. The first-order valence-corrected chi connectivity index (χ1v) is 6.87. The van der Waals surface area contributed by atoms with Crippen molar-refractivity contribution in [3.05, 3.63) is 58.1 Å². The Morgan fingerprint density at radius 3 is 2.74 bits per heavy atom. The van der Waals surface area contributed by atoms with Gasteiger partial charge < -0.3 is 14.2 Å². The highest BCUT2D eigenvalue weighted by atomic mass is 16.7. The molecule has 1 aliphatic heterocycles. The summed E-state index contributed by atoms with van der Waals surface area (Å²) in [7, 11) is 1.50. The standard InChI is InChI=1S/C16H13NO6/c1-21-13-7-4-8-14-16(13)23-15(22-14)9-12(18)10-5-2-3-6-11(10)17(19)20/h2-8,15H,9H2,1H3. The zero-order valence-electron chi connectivity index (χ0n) is 12.2. The van der Waals surface area contributed by atoms with Crippen molar-refractivity contribution in [1.29, 1.82) is 0 Å². The summed E-state index contributed by atoms with van der Waals surface area (Å²) in [5, 5.41) is 11.0. The maximum absolute atomic E-state index is 12.3. The van der Waals surface area contributed by atoms with Crippen LogP contribution in [0.4, 0.5) is 5.69 Å². The lowest BCUT2D eigenvalue weighted by Gasteiger charge is -2.09. The average Bonchev–Trinajstić information content (AvgIpc) is 2.96. The van der Waals surface area contributed by atoms with Crippen LogP contribution < -0.4 is 14.2 Å². The van der Waals surface area contributed by atoms with E-state index in [4.69, 9.17) is 14.2 Å². The first kappa shape index (κ1) is 14.8. The molecule has 118 valence electrons. The lowest BCUT2D eigenvalue weighted by atomic mass is 10.1. The van der Waals surface area contributed by atoms with Crippen molar-refractivity contribution in [3.63, 3.8) is 0 Å². The second-order valence-corrected chi connectivity index (χ2v) is 4.85. The number of rotatable bonds is 5.